The van der Waals surface area contributed by atoms with Crippen molar-refractivity contribution in [3.05, 3.63) is 24.3 Å². The molecule has 2 heterocycles. The Kier molecular flexibility index (Phi) is 2.86. The predicted molar refractivity (Wildman–Crippen MR) is 76.6 cm³/mol. The molecule has 1 fully saturated rings. The molecule has 5 heteroatoms. The second kappa shape index (κ2) is 4.39. The Hall–Kier alpha value is -1.36. The molecule has 1 aromatic rings. The number of ether oxygens (including phenoxy) is 1. The summed E-state index contributed by atoms with van der Waals surface area (Å²) in [6.07, 6.45) is 1.12. The first-order valence-electron chi connectivity index (χ1n) is 6.08. The highest BCUT2D eigenvalue weighted by atomic mass is 32.2. The molecule has 2 aliphatic rings. The van der Waals surface area contributed by atoms with Gasteiger partial charge in [0, 0.05) is 5.75 Å². The molecule has 4 nitrogen and oxygen atoms in total. The summed E-state index contributed by atoms with van der Waals surface area (Å²) in [5, 5.41) is 0. The van der Waals surface area contributed by atoms with Crippen LogP contribution in [0.15, 0.2) is 29.3 Å². The smallest absolute Gasteiger partial charge is 0.196 e. The van der Waals surface area contributed by atoms with Gasteiger partial charge in [-0.05, 0) is 24.3 Å². The average Bonchev–Trinajstić information content (AvgIpc) is 2.99. The third-order valence-electron chi connectivity index (χ3n) is 3.65. The second-order valence-electron chi connectivity index (χ2n) is 4.71. The van der Waals surface area contributed by atoms with E-state index in [0.717, 1.165) is 30.2 Å². The summed E-state index contributed by atoms with van der Waals surface area (Å²) >= 11 is 1.97. The highest BCUT2D eigenvalue weighted by Gasteiger charge is 2.46. The third kappa shape index (κ3) is 1.65. The van der Waals surface area contributed by atoms with Gasteiger partial charge in [0.1, 0.15) is 5.75 Å². The van der Waals surface area contributed by atoms with Crippen LogP contribution in [0.4, 0.5) is 5.69 Å². The molecule has 18 heavy (non-hydrogen) atoms. The van der Waals surface area contributed by atoms with E-state index in [9.17, 15) is 0 Å². The van der Waals surface area contributed by atoms with E-state index in [4.69, 9.17) is 10.5 Å². The molecule has 0 radical (unpaired) electrons. The number of hydrogen-bond acceptors (Lipinski definition) is 5. The highest BCUT2D eigenvalue weighted by Crippen LogP contribution is 2.42. The third-order valence-corrected chi connectivity index (χ3v) is 4.88. The van der Waals surface area contributed by atoms with Crippen LogP contribution in [0.3, 0.4) is 0 Å². The number of aliphatic imine (C=N–C) groups is 1. The van der Waals surface area contributed by atoms with Gasteiger partial charge in [-0.3, -0.25) is 4.99 Å². The maximum Gasteiger partial charge on any atom is 0.196 e. The summed E-state index contributed by atoms with van der Waals surface area (Å²) < 4.78 is 5.45. The lowest BCUT2D eigenvalue weighted by Crippen LogP contribution is -2.52. The van der Waals surface area contributed by atoms with Crippen LogP contribution in [0.1, 0.15) is 6.42 Å². The van der Waals surface area contributed by atoms with Crippen molar-refractivity contribution in [1.82, 2.24) is 0 Å². The van der Waals surface area contributed by atoms with Crippen LogP contribution in [0.25, 0.3) is 0 Å². The predicted octanol–water partition coefficient (Wildman–Crippen LogP) is 1.71. The number of nitrogens with zero attached hydrogens (tertiary/aromatic N) is 2. The molecule has 96 valence electrons. The van der Waals surface area contributed by atoms with Crippen LogP contribution in [0, 0.1) is 0 Å². The lowest BCUT2D eigenvalue weighted by atomic mass is 9.97. The molecule has 0 saturated carbocycles. The number of anilines is 1. The number of benzene rings is 1. The fourth-order valence-electron chi connectivity index (χ4n) is 2.70. The molecule has 3 rings (SSSR count). The van der Waals surface area contributed by atoms with Gasteiger partial charge in [0.15, 0.2) is 5.96 Å². The standard InChI is InChI=1S/C13H17N3OS/c1-17-11-5-3-2-4-10(11)16-12(14)15-8-13(16)6-7-18-9-13/h2-5H,6-9H2,1H3,(H2,14,15). The van der Waals surface area contributed by atoms with E-state index in [1.54, 1.807) is 7.11 Å². The number of guanidine groups is 1. The van der Waals surface area contributed by atoms with Gasteiger partial charge in [0.2, 0.25) is 0 Å². The van der Waals surface area contributed by atoms with Crippen LogP contribution in [0.5, 0.6) is 5.75 Å². The van der Waals surface area contributed by atoms with E-state index in [1.807, 2.05) is 30.0 Å². The first-order chi connectivity index (χ1) is 8.77. The normalized spacial score (nSPS) is 26.7. The molecule has 1 unspecified atom stereocenters. The van der Waals surface area contributed by atoms with E-state index >= 15 is 0 Å². The molecule has 2 aliphatic heterocycles. The molecule has 1 atom stereocenters. The topological polar surface area (TPSA) is 50.9 Å². The molecule has 1 aromatic carbocycles. The zero-order valence-electron chi connectivity index (χ0n) is 10.4. The molecule has 2 N–H and O–H groups in total. The molecule has 0 aromatic heterocycles. The minimum Gasteiger partial charge on any atom is -0.495 e. The molecule has 1 spiro atoms. The summed E-state index contributed by atoms with van der Waals surface area (Å²) in [6, 6.07) is 8.01. The van der Waals surface area contributed by atoms with Crippen LogP contribution in [0.2, 0.25) is 0 Å². The zero-order chi connectivity index (χ0) is 12.6. The van der Waals surface area contributed by atoms with Crippen molar-refractivity contribution in [3.8, 4) is 5.75 Å². The Morgan fingerprint density at radius 2 is 2.28 bits per heavy atom. The van der Waals surface area contributed by atoms with Crippen molar-refractivity contribution in [2.45, 2.75) is 12.0 Å². The zero-order valence-corrected chi connectivity index (χ0v) is 11.2. The van der Waals surface area contributed by atoms with Crippen LogP contribution < -0.4 is 15.4 Å². The molecule has 1 saturated heterocycles. The van der Waals surface area contributed by atoms with Crippen LogP contribution in [-0.2, 0) is 0 Å². The Balaban J connectivity index is 2.05. The number of hydrogen-bond donors (Lipinski definition) is 1. The average molecular weight is 263 g/mol. The van der Waals surface area contributed by atoms with E-state index in [1.165, 1.54) is 5.75 Å². The SMILES string of the molecule is COc1ccccc1N1C(N)=NCC12CCSC2. The molecular weight excluding hydrogens is 246 g/mol. The van der Waals surface area contributed by atoms with Gasteiger partial charge in [-0.2, -0.15) is 11.8 Å². The monoisotopic (exact) mass is 263 g/mol. The lowest BCUT2D eigenvalue weighted by Gasteiger charge is -2.36. The van der Waals surface area contributed by atoms with Gasteiger partial charge in [0.25, 0.3) is 0 Å². The molecular formula is C13H17N3OS. The van der Waals surface area contributed by atoms with Crippen molar-refractivity contribution in [1.29, 1.82) is 0 Å². The summed E-state index contributed by atoms with van der Waals surface area (Å²) in [7, 11) is 1.69. The van der Waals surface area contributed by atoms with Gasteiger partial charge >= 0.3 is 0 Å². The van der Waals surface area contributed by atoms with Gasteiger partial charge in [-0.15, -0.1) is 0 Å². The summed E-state index contributed by atoms with van der Waals surface area (Å²) in [5.74, 6) is 3.72. The van der Waals surface area contributed by atoms with Crippen LogP contribution in [-0.4, -0.2) is 36.7 Å². The Morgan fingerprint density at radius 3 is 3.00 bits per heavy atom. The van der Waals surface area contributed by atoms with Crippen molar-refractivity contribution < 1.29 is 4.74 Å². The maximum atomic E-state index is 6.10. The molecule has 0 amide bonds. The minimum absolute atomic E-state index is 0.0589. The lowest BCUT2D eigenvalue weighted by molar-refractivity contribution is 0.411. The molecule has 0 bridgehead atoms. The fraction of sp³-hybridized carbons (Fsp3) is 0.462. The largest absolute Gasteiger partial charge is 0.495 e. The Bertz CT molecular complexity index is 483. The first-order valence-corrected chi connectivity index (χ1v) is 7.23. The van der Waals surface area contributed by atoms with Gasteiger partial charge in [0.05, 0.1) is 24.9 Å². The Labute approximate surface area is 111 Å². The number of para-hydroxylation sites is 2. The van der Waals surface area contributed by atoms with Gasteiger partial charge in [-0.1, -0.05) is 12.1 Å². The van der Waals surface area contributed by atoms with Crippen molar-refractivity contribution in [2.75, 3.05) is 30.1 Å². The van der Waals surface area contributed by atoms with Crippen molar-refractivity contribution in [2.24, 2.45) is 10.7 Å². The number of thioether (sulfide) groups is 1. The van der Waals surface area contributed by atoms with E-state index in [2.05, 4.69) is 16.0 Å². The highest BCUT2D eigenvalue weighted by molar-refractivity contribution is 7.99. The van der Waals surface area contributed by atoms with Gasteiger partial charge in [-0.25, -0.2) is 0 Å². The Morgan fingerprint density at radius 1 is 1.44 bits per heavy atom. The van der Waals surface area contributed by atoms with Crippen molar-refractivity contribution in [3.63, 3.8) is 0 Å². The van der Waals surface area contributed by atoms with Crippen molar-refractivity contribution >= 4 is 23.4 Å². The number of nitrogens with two attached hydrogens (primary N) is 1. The second-order valence-corrected chi connectivity index (χ2v) is 5.81. The first kappa shape index (κ1) is 11.7. The summed E-state index contributed by atoms with van der Waals surface area (Å²) in [4.78, 5) is 6.63. The van der Waals surface area contributed by atoms with E-state index < -0.39 is 0 Å². The summed E-state index contributed by atoms with van der Waals surface area (Å²) in [6.45, 7) is 0.796. The maximum absolute atomic E-state index is 6.10. The van der Waals surface area contributed by atoms with Crippen LogP contribution >= 0.6 is 11.8 Å². The quantitative estimate of drug-likeness (QED) is 0.882. The number of rotatable bonds is 2. The molecule has 0 aliphatic carbocycles. The van der Waals surface area contributed by atoms with E-state index in [-0.39, 0.29) is 5.54 Å². The van der Waals surface area contributed by atoms with Gasteiger partial charge < -0.3 is 15.4 Å². The summed E-state index contributed by atoms with van der Waals surface area (Å²) in [5.41, 5.74) is 7.19. The number of methoxy groups -OCH3 is 1. The van der Waals surface area contributed by atoms with E-state index in [0.29, 0.717) is 5.96 Å². The fourth-order valence-corrected chi connectivity index (χ4v) is 4.12. The minimum atomic E-state index is 0.0589.